The summed E-state index contributed by atoms with van der Waals surface area (Å²) in [4.78, 5) is 25.7. The molecule has 2 fully saturated rings. The Bertz CT molecular complexity index is 1170. The first-order chi connectivity index (χ1) is 15.5. The number of hydrogen-bond donors (Lipinski definition) is 1. The fraction of sp³-hybridized carbons (Fsp3) is 0.375. The number of likely N-dealkylation sites (tertiary alicyclic amines) is 1. The molecule has 1 amide bonds. The molecule has 7 nitrogen and oxygen atoms in total. The van der Waals surface area contributed by atoms with Crippen LogP contribution in [0.2, 0.25) is 5.02 Å². The first kappa shape index (κ1) is 21.0. The van der Waals surface area contributed by atoms with Crippen LogP contribution in [0, 0.1) is 0 Å². The summed E-state index contributed by atoms with van der Waals surface area (Å²) in [5, 5.41) is 1.52. The van der Waals surface area contributed by atoms with Gasteiger partial charge in [0.05, 0.1) is 11.4 Å². The number of likely N-dealkylation sites (N-methyl/N-ethyl adjacent to an activating group) is 1. The molecule has 2 aliphatic rings. The van der Waals surface area contributed by atoms with Crippen LogP contribution in [0.15, 0.2) is 48.9 Å². The van der Waals surface area contributed by atoms with Crippen molar-refractivity contribution in [1.29, 1.82) is 0 Å². The average Bonchev–Trinajstić information content (AvgIpc) is 3.39. The van der Waals surface area contributed by atoms with Gasteiger partial charge in [-0.15, -0.1) is 0 Å². The van der Waals surface area contributed by atoms with Gasteiger partial charge in [-0.25, -0.2) is 9.97 Å². The van der Waals surface area contributed by atoms with Crippen LogP contribution in [0.3, 0.4) is 0 Å². The van der Waals surface area contributed by atoms with Crippen LogP contribution >= 0.6 is 11.6 Å². The maximum atomic E-state index is 12.7. The Morgan fingerprint density at radius 3 is 2.78 bits per heavy atom. The van der Waals surface area contributed by atoms with E-state index in [1.54, 1.807) is 6.08 Å². The number of anilines is 1. The third kappa shape index (κ3) is 4.10. The third-order valence-corrected chi connectivity index (χ3v) is 6.74. The van der Waals surface area contributed by atoms with Crippen LogP contribution in [0.5, 0.6) is 0 Å². The second-order valence-corrected chi connectivity index (χ2v) is 9.15. The monoisotopic (exact) mass is 450 g/mol. The van der Waals surface area contributed by atoms with E-state index in [9.17, 15) is 4.79 Å². The highest BCUT2D eigenvalue weighted by atomic mass is 35.5. The Kier molecular flexibility index (Phi) is 5.61. The van der Waals surface area contributed by atoms with Crippen LogP contribution in [-0.4, -0.2) is 63.0 Å². The molecule has 1 aliphatic heterocycles. The summed E-state index contributed by atoms with van der Waals surface area (Å²) in [5.41, 5.74) is 9.03. The summed E-state index contributed by atoms with van der Waals surface area (Å²) in [7, 11) is 2.11. The number of rotatable bonds is 6. The molecule has 0 bridgehead atoms. The molecule has 1 aliphatic carbocycles. The number of hydrogen-bond acceptors (Lipinski definition) is 5. The standard InChI is InChI=1S/C24H27ClN6O/c1-29(18-8-9-18)11-2-3-21(32)30-12-10-19(13-30)31-14-20(16-4-6-17(25)7-5-16)22-23(26)27-15-28-24(22)31/h2-7,14-15,18-19H,8-13H2,1H3,(H2,26,27,28)/t19-/m1/s1. The lowest BCUT2D eigenvalue weighted by molar-refractivity contribution is -0.125. The molecular weight excluding hydrogens is 424 g/mol. The van der Waals surface area contributed by atoms with E-state index in [-0.39, 0.29) is 11.9 Å². The van der Waals surface area contributed by atoms with Crippen molar-refractivity contribution in [2.75, 3.05) is 32.4 Å². The molecule has 1 saturated carbocycles. The van der Waals surface area contributed by atoms with Gasteiger partial charge in [-0.1, -0.05) is 29.8 Å². The highest BCUT2D eigenvalue weighted by molar-refractivity contribution is 6.30. The van der Waals surface area contributed by atoms with Gasteiger partial charge in [0.15, 0.2) is 0 Å². The Morgan fingerprint density at radius 1 is 1.25 bits per heavy atom. The van der Waals surface area contributed by atoms with Crippen molar-refractivity contribution in [2.45, 2.75) is 31.3 Å². The fourth-order valence-electron chi connectivity index (χ4n) is 4.49. The van der Waals surface area contributed by atoms with Crippen molar-refractivity contribution >= 4 is 34.4 Å². The maximum absolute atomic E-state index is 12.7. The zero-order chi connectivity index (χ0) is 22.2. The Balaban J connectivity index is 1.37. The van der Waals surface area contributed by atoms with Crippen molar-refractivity contribution in [3.05, 3.63) is 54.0 Å². The number of fused-ring (bicyclic) bond motifs is 1. The molecule has 32 heavy (non-hydrogen) atoms. The largest absolute Gasteiger partial charge is 0.383 e. The lowest BCUT2D eigenvalue weighted by Crippen LogP contribution is -2.28. The Labute approximate surface area is 192 Å². The number of amides is 1. The van der Waals surface area contributed by atoms with Gasteiger partial charge in [0.1, 0.15) is 17.8 Å². The lowest BCUT2D eigenvalue weighted by Gasteiger charge is -2.16. The highest BCUT2D eigenvalue weighted by Gasteiger charge is 2.29. The highest BCUT2D eigenvalue weighted by Crippen LogP contribution is 2.36. The van der Waals surface area contributed by atoms with Crippen LogP contribution in [-0.2, 0) is 4.79 Å². The van der Waals surface area contributed by atoms with Gasteiger partial charge in [0.25, 0.3) is 0 Å². The second-order valence-electron chi connectivity index (χ2n) is 8.71. The van der Waals surface area contributed by atoms with Gasteiger partial charge >= 0.3 is 0 Å². The summed E-state index contributed by atoms with van der Waals surface area (Å²) < 4.78 is 2.15. The number of carbonyl (C=O) groups is 1. The van der Waals surface area contributed by atoms with E-state index < -0.39 is 0 Å². The zero-order valence-corrected chi connectivity index (χ0v) is 18.9. The number of benzene rings is 1. The predicted octanol–water partition coefficient (Wildman–Crippen LogP) is 3.76. The van der Waals surface area contributed by atoms with Crippen molar-refractivity contribution in [3.8, 4) is 11.1 Å². The number of aromatic nitrogens is 3. The SMILES string of the molecule is CN(CC=CC(=O)N1CC[C@@H](n2cc(-c3ccc(Cl)cc3)c3c(N)ncnc32)C1)C1CC1. The number of nitrogens with zero attached hydrogens (tertiary/aromatic N) is 5. The summed E-state index contributed by atoms with van der Waals surface area (Å²) in [6.45, 7) is 2.19. The predicted molar refractivity (Wildman–Crippen MR) is 127 cm³/mol. The van der Waals surface area contributed by atoms with E-state index in [0.29, 0.717) is 23.4 Å². The van der Waals surface area contributed by atoms with E-state index in [1.807, 2.05) is 35.2 Å². The Morgan fingerprint density at radius 2 is 2.03 bits per heavy atom. The number of nitrogen functional groups attached to an aromatic ring is 1. The molecule has 1 saturated heterocycles. The van der Waals surface area contributed by atoms with Crippen molar-refractivity contribution < 1.29 is 4.79 Å². The molecule has 0 spiro atoms. The molecule has 8 heteroatoms. The van der Waals surface area contributed by atoms with E-state index in [0.717, 1.165) is 41.7 Å². The quantitative estimate of drug-likeness (QED) is 0.578. The molecule has 1 aromatic carbocycles. The third-order valence-electron chi connectivity index (χ3n) is 6.49. The summed E-state index contributed by atoms with van der Waals surface area (Å²) >= 11 is 6.07. The first-order valence-corrected chi connectivity index (χ1v) is 11.4. The van der Waals surface area contributed by atoms with E-state index >= 15 is 0 Å². The molecule has 5 rings (SSSR count). The van der Waals surface area contributed by atoms with Crippen LogP contribution in [0.1, 0.15) is 25.3 Å². The molecule has 2 N–H and O–H groups in total. The summed E-state index contributed by atoms with van der Waals surface area (Å²) in [6.07, 6.45) is 10.7. The van der Waals surface area contributed by atoms with Gasteiger partial charge in [0, 0.05) is 48.5 Å². The van der Waals surface area contributed by atoms with Gasteiger partial charge in [-0.3, -0.25) is 9.69 Å². The number of halogens is 1. The van der Waals surface area contributed by atoms with E-state index in [1.165, 1.54) is 19.2 Å². The van der Waals surface area contributed by atoms with Crippen LogP contribution in [0.4, 0.5) is 5.82 Å². The second kappa shape index (κ2) is 8.56. The molecule has 1 atom stereocenters. The lowest BCUT2D eigenvalue weighted by atomic mass is 10.1. The minimum atomic E-state index is 0.0697. The summed E-state index contributed by atoms with van der Waals surface area (Å²) in [5.74, 6) is 0.521. The van der Waals surface area contributed by atoms with Gasteiger partial charge < -0.3 is 15.2 Å². The van der Waals surface area contributed by atoms with Crippen LogP contribution in [0.25, 0.3) is 22.2 Å². The minimum Gasteiger partial charge on any atom is -0.383 e. The number of nitrogens with two attached hydrogens (primary N) is 1. The average molecular weight is 451 g/mol. The van der Waals surface area contributed by atoms with Crippen LogP contribution < -0.4 is 5.73 Å². The molecule has 0 unspecified atom stereocenters. The van der Waals surface area contributed by atoms with Crippen molar-refractivity contribution in [3.63, 3.8) is 0 Å². The fourth-order valence-corrected chi connectivity index (χ4v) is 4.62. The van der Waals surface area contributed by atoms with Crippen molar-refractivity contribution in [2.24, 2.45) is 0 Å². The Hall–Kier alpha value is -2.90. The zero-order valence-electron chi connectivity index (χ0n) is 18.1. The molecule has 3 heterocycles. The van der Waals surface area contributed by atoms with Gasteiger partial charge in [-0.2, -0.15) is 0 Å². The van der Waals surface area contributed by atoms with Gasteiger partial charge in [0.2, 0.25) is 5.91 Å². The molecule has 2 aromatic heterocycles. The molecule has 0 radical (unpaired) electrons. The van der Waals surface area contributed by atoms with E-state index in [4.69, 9.17) is 17.3 Å². The van der Waals surface area contributed by atoms with Gasteiger partial charge in [-0.05, 0) is 44.0 Å². The minimum absolute atomic E-state index is 0.0697. The topological polar surface area (TPSA) is 80.3 Å². The normalized spacial score (nSPS) is 19.0. The maximum Gasteiger partial charge on any atom is 0.246 e. The number of carbonyl (C=O) groups excluding carboxylic acids is 1. The molecule has 166 valence electrons. The molecule has 3 aromatic rings. The van der Waals surface area contributed by atoms with E-state index in [2.05, 4.69) is 32.7 Å². The molecular formula is C24H27ClN6O. The summed E-state index contributed by atoms with van der Waals surface area (Å²) in [6, 6.07) is 8.51. The van der Waals surface area contributed by atoms with Crippen molar-refractivity contribution in [1.82, 2.24) is 24.3 Å². The first-order valence-electron chi connectivity index (χ1n) is 11.0. The smallest absolute Gasteiger partial charge is 0.246 e.